The van der Waals surface area contributed by atoms with Crippen LogP contribution in [0.15, 0.2) is 61.3 Å². The van der Waals surface area contributed by atoms with Crippen molar-refractivity contribution in [3.63, 3.8) is 0 Å². The van der Waals surface area contributed by atoms with Gasteiger partial charge in [-0.3, -0.25) is 33.9 Å². The van der Waals surface area contributed by atoms with Gasteiger partial charge >= 0.3 is 5.97 Å². The second kappa shape index (κ2) is 14.1. The van der Waals surface area contributed by atoms with Crippen LogP contribution in [0.4, 0.5) is 5.69 Å². The summed E-state index contributed by atoms with van der Waals surface area (Å²) in [4.78, 5) is 75.1. The number of pyridine rings is 1. The van der Waals surface area contributed by atoms with Crippen molar-refractivity contribution < 1.29 is 33.3 Å². The molecular weight excluding hydrogens is 702 g/mol. The number of rotatable bonds is 13. The fourth-order valence-electron chi connectivity index (χ4n) is 5.70. The molecule has 1 fully saturated rings. The number of fused-ring (bicyclic) bond motifs is 1. The maximum Gasteiger partial charge on any atom is 0.344 e. The third kappa shape index (κ3) is 7.13. The molecule has 1 saturated heterocycles. The summed E-state index contributed by atoms with van der Waals surface area (Å²) < 4.78 is 13.6. The zero-order chi connectivity index (χ0) is 36.7. The van der Waals surface area contributed by atoms with Crippen LogP contribution in [0.5, 0.6) is 0 Å². The number of aromatic nitrogens is 3. The Hall–Kier alpha value is -4.31. The molecule has 13 nitrogen and oxygen atoms in total. The van der Waals surface area contributed by atoms with E-state index in [-0.39, 0.29) is 34.6 Å². The van der Waals surface area contributed by atoms with Gasteiger partial charge in [-0.05, 0) is 54.9 Å². The fraction of sp³-hybridized carbons (Fsp3) is 0.412. The number of esters is 1. The van der Waals surface area contributed by atoms with Crippen molar-refractivity contribution in [1.82, 2.24) is 19.3 Å². The first kappa shape index (κ1) is 37.0. The number of ether oxygens (including phenoxy) is 1. The van der Waals surface area contributed by atoms with Crippen LogP contribution in [0.3, 0.4) is 0 Å². The highest BCUT2D eigenvalue weighted by atomic mass is 35.5. The number of carbonyl (C=O) groups excluding carboxylic acids is 4. The van der Waals surface area contributed by atoms with Crippen LogP contribution < -0.4 is 0 Å². The molecule has 1 aliphatic rings. The quantitative estimate of drug-likeness (QED) is 0.0222. The summed E-state index contributed by atoms with van der Waals surface area (Å²) in [5, 5.41) is 10.8. The standard InChI is InChI=1S/C34H38ClN5O8SSi/c1-19(28(41)24-16-38-18-37-26(32(38)49-24)29(42)22-9-8-14-36-15-22)27-25(20(2)48-50(6,7)34(3,4)5)31(43)39(27)30(35)33(44)47-17-21-10-12-23(13-11-21)40(45)46/h8-16,18-20,25,27,30H,17H2,1-7H3/t19-,20-,25-,27-,30?/m1/s1. The zero-order valence-corrected chi connectivity index (χ0v) is 31.2. The van der Waals surface area contributed by atoms with Gasteiger partial charge in [0.25, 0.3) is 5.69 Å². The van der Waals surface area contributed by atoms with E-state index >= 15 is 0 Å². The van der Waals surface area contributed by atoms with Crippen LogP contribution in [0.1, 0.15) is 65.9 Å². The Labute approximate surface area is 298 Å². The molecule has 0 N–H and O–H groups in total. The Morgan fingerprint density at radius 2 is 1.82 bits per heavy atom. The first-order valence-electron chi connectivity index (χ1n) is 15.9. The number of carbonyl (C=O) groups is 4. The topological polar surface area (TPSA) is 163 Å². The lowest BCUT2D eigenvalue weighted by Gasteiger charge is -2.53. The summed E-state index contributed by atoms with van der Waals surface area (Å²) in [6.45, 7) is 13.6. The van der Waals surface area contributed by atoms with Crippen molar-refractivity contribution in [2.45, 2.75) is 77.0 Å². The van der Waals surface area contributed by atoms with Crippen LogP contribution in [-0.4, -0.2) is 73.6 Å². The van der Waals surface area contributed by atoms with Gasteiger partial charge in [-0.15, -0.1) is 11.3 Å². The van der Waals surface area contributed by atoms with Crippen LogP contribution in [-0.2, 0) is 25.4 Å². The summed E-state index contributed by atoms with van der Waals surface area (Å²) in [6, 6.07) is 7.96. The van der Waals surface area contributed by atoms with Crippen molar-refractivity contribution in [3.8, 4) is 0 Å². The molecule has 3 aromatic heterocycles. The first-order chi connectivity index (χ1) is 23.4. The highest BCUT2D eigenvalue weighted by molar-refractivity contribution is 7.19. The molecule has 5 rings (SSSR count). The first-order valence-corrected chi connectivity index (χ1v) is 20.1. The van der Waals surface area contributed by atoms with E-state index in [0.29, 0.717) is 20.8 Å². The minimum absolute atomic E-state index is 0.112. The Morgan fingerprint density at radius 1 is 1.14 bits per heavy atom. The largest absolute Gasteiger partial charge is 0.458 e. The van der Waals surface area contributed by atoms with Gasteiger partial charge in [0.05, 0.1) is 27.9 Å². The zero-order valence-electron chi connectivity index (χ0n) is 28.7. The molecule has 1 aliphatic heterocycles. The van der Waals surface area contributed by atoms with E-state index in [1.165, 1.54) is 41.7 Å². The molecule has 1 unspecified atom stereocenters. The average molecular weight is 740 g/mol. The average Bonchev–Trinajstić information content (AvgIpc) is 3.66. The van der Waals surface area contributed by atoms with Crippen LogP contribution in [0.2, 0.25) is 18.1 Å². The Bertz CT molecular complexity index is 1940. The summed E-state index contributed by atoms with van der Waals surface area (Å²) >= 11 is 7.74. The number of non-ortho nitro benzene ring substituents is 1. The van der Waals surface area contributed by atoms with Gasteiger partial charge in [0, 0.05) is 42.2 Å². The van der Waals surface area contributed by atoms with Gasteiger partial charge in [-0.1, -0.05) is 39.3 Å². The molecule has 0 bridgehead atoms. The van der Waals surface area contributed by atoms with Crippen molar-refractivity contribution in [1.29, 1.82) is 0 Å². The molecule has 264 valence electrons. The summed E-state index contributed by atoms with van der Waals surface area (Å²) in [5.74, 6) is -3.61. The van der Waals surface area contributed by atoms with Gasteiger partial charge in [-0.25, -0.2) is 9.78 Å². The van der Waals surface area contributed by atoms with Crippen LogP contribution >= 0.6 is 22.9 Å². The second-order valence-corrected chi connectivity index (χ2v) is 20.0. The molecule has 5 atom stereocenters. The van der Waals surface area contributed by atoms with Gasteiger partial charge in [0.2, 0.25) is 17.2 Å². The van der Waals surface area contributed by atoms with Crippen molar-refractivity contribution in [2.24, 2.45) is 11.8 Å². The lowest BCUT2D eigenvalue weighted by Crippen LogP contribution is -2.71. The molecule has 50 heavy (non-hydrogen) atoms. The number of nitro groups is 1. The summed E-state index contributed by atoms with van der Waals surface area (Å²) in [7, 11) is -2.36. The van der Waals surface area contributed by atoms with Gasteiger partial charge in [0.1, 0.15) is 23.5 Å². The number of hydrogen-bond acceptors (Lipinski definition) is 11. The molecule has 1 amide bonds. The SMILES string of the molecule is C[C@@H](O[Si](C)(C)C(C)(C)C)[C@H]1C(=O)N(C(Cl)C(=O)OCc2ccc([N+](=O)[O-])cc2)[C@@H]1[C@@H](C)C(=O)c1cn2cnc(C(=O)c3cccnc3)c2s1. The van der Waals surface area contributed by atoms with E-state index in [4.69, 9.17) is 20.8 Å². The number of alkyl halides is 1. The molecule has 0 spiro atoms. The number of amides is 1. The number of imidazole rings is 1. The minimum atomic E-state index is -2.36. The van der Waals surface area contributed by atoms with E-state index < -0.39 is 54.6 Å². The lowest BCUT2D eigenvalue weighted by atomic mass is 9.75. The third-order valence-corrected chi connectivity index (χ3v) is 15.6. The summed E-state index contributed by atoms with van der Waals surface area (Å²) in [6.07, 6.45) is 5.48. The van der Waals surface area contributed by atoms with E-state index in [9.17, 15) is 29.3 Å². The molecular formula is C34H38ClN5O8SSi. The van der Waals surface area contributed by atoms with Crippen LogP contribution in [0, 0.1) is 22.0 Å². The normalized spacial score (nSPS) is 18.3. The number of ketones is 2. The van der Waals surface area contributed by atoms with Crippen molar-refractivity contribution >= 4 is 65.2 Å². The number of nitrogens with zero attached hydrogens (tertiary/aromatic N) is 5. The molecule has 16 heteroatoms. The minimum Gasteiger partial charge on any atom is -0.458 e. The number of β-lactam (4-membered cyclic amide) rings is 1. The molecule has 0 radical (unpaired) electrons. The molecule has 0 saturated carbocycles. The van der Waals surface area contributed by atoms with E-state index in [2.05, 4.69) is 43.8 Å². The van der Waals surface area contributed by atoms with Crippen molar-refractivity contribution in [3.05, 3.63) is 93.1 Å². The third-order valence-electron chi connectivity index (χ3n) is 9.51. The van der Waals surface area contributed by atoms with Crippen LogP contribution in [0.25, 0.3) is 4.83 Å². The highest BCUT2D eigenvalue weighted by Crippen LogP contribution is 2.44. The second-order valence-electron chi connectivity index (χ2n) is 13.8. The van der Waals surface area contributed by atoms with Gasteiger partial charge in [0.15, 0.2) is 14.1 Å². The predicted molar refractivity (Wildman–Crippen MR) is 189 cm³/mol. The van der Waals surface area contributed by atoms with E-state index in [0.717, 1.165) is 11.3 Å². The fourth-order valence-corrected chi connectivity index (χ4v) is 8.52. The van der Waals surface area contributed by atoms with Gasteiger partial charge < -0.3 is 14.1 Å². The number of benzene rings is 1. The molecule has 4 heterocycles. The summed E-state index contributed by atoms with van der Waals surface area (Å²) in [5.41, 5.74) is -0.635. The number of hydrogen-bond donors (Lipinski definition) is 0. The number of Topliss-reactive ketones (excluding diaryl/α,β-unsaturated/α-hetero) is 1. The monoisotopic (exact) mass is 739 g/mol. The molecule has 4 aromatic rings. The van der Waals surface area contributed by atoms with Crippen molar-refractivity contribution in [2.75, 3.05) is 0 Å². The molecule has 0 aliphatic carbocycles. The Kier molecular flexibility index (Phi) is 10.4. The smallest absolute Gasteiger partial charge is 0.344 e. The number of halogens is 1. The maximum absolute atomic E-state index is 14.1. The number of thiazole rings is 1. The van der Waals surface area contributed by atoms with Gasteiger partial charge in [-0.2, -0.15) is 0 Å². The number of likely N-dealkylation sites (tertiary alicyclic amines) is 1. The Morgan fingerprint density at radius 3 is 2.42 bits per heavy atom. The highest BCUT2D eigenvalue weighted by Gasteiger charge is 2.58. The molecule has 1 aromatic carbocycles. The van der Waals surface area contributed by atoms with E-state index in [1.54, 1.807) is 42.8 Å². The van der Waals surface area contributed by atoms with E-state index in [1.807, 2.05) is 0 Å². The predicted octanol–water partition coefficient (Wildman–Crippen LogP) is 6.29. The lowest BCUT2D eigenvalue weighted by molar-refractivity contribution is -0.384. The number of nitro benzene ring substituents is 1. The Balaban J connectivity index is 1.40. The maximum atomic E-state index is 14.1.